The van der Waals surface area contributed by atoms with Crippen molar-refractivity contribution in [3.63, 3.8) is 0 Å². The van der Waals surface area contributed by atoms with E-state index in [1.54, 1.807) is 0 Å². The Hall–Kier alpha value is 0.416. The van der Waals surface area contributed by atoms with Crippen LogP contribution in [0.3, 0.4) is 0 Å². The third-order valence-electron chi connectivity index (χ3n) is 1.24. The number of aromatic carboxylic acids is 1. The number of carboxylic acid groups (broad SMARTS) is 1. The van der Waals surface area contributed by atoms with Gasteiger partial charge in [0.25, 0.3) is 0 Å². The molecule has 0 bridgehead atoms. The Bertz CT molecular complexity index is 303. The van der Waals surface area contributed by atoms with Crippen LogP contribution in [0.2, 0.25) is 5.02 Å². The van der Waals surface area contributed by atoms with Gasteiger partial charge in [0.15, 0.2) is 0 Å². The summed E-state index contributed by atoms with van der Waals surface area (Å²) in [7, 11) is 0. The van der Waals surface area contributed by atoms with E-state index in [-0.39, 0.29) is 62.6 Å². The molecule has 0 saturated carbocycles. The molecule has 0 aliphatic heterocycles. The Morgan fingerprint density at radius 3 is 2.50 bits per heavy atom. The number of nitrogens with two attached hydrogens (primary N) is 1. The van der Waals surface area contributed by atoms with E-state index < -0.39 is 5.97 Å². The van der Waals surface area contributed by atoms with Gasteiger partial charge in [-0.25, -0.2) is 0 Å². The SMILES string of the molecule is Nc1ccc(Cl)cc1C(=O)[O-].[K+]. The van der Waals surface area contributed by atoms with Gasteiger partial charge in [-0.05, 0) is 18.2 Å². The first-order valence-corrected chi connectivity index (χ1v) is 3.25. The Balaban J connectivity index is 0.00000121. The number of hydrogen-bond donors (Lipinski definition) is 1. The summed E-state index contributed by atoms with van der Waals surface area (Å²) in [6.07, 6.45) is 0. The van der Waals surface area contributed by atoms with Crippen LogP contribution in [0, 0.1) is 0 Å². The number of benzene rings is 1. The molecule has 0 aliphatic rings. The average molecular weight is 210 g/mol. The fourth-order valence-electron chi connectivity index (χ4n) is 0.705. The van der Waals surface area contributed by atoms with Crippen molar-refractivity contribution in [2.45, 2.75) is 0 Å². The van der Waals surface area contributed by atoms with Crippen LogP contribution in [0.1, 0.15) is 10.4 Å². The maximum absolute atomic E-state index is 10.3. The number of halogens is 1. The quantitative estimate of drug-likeness (QED) is 0.404. The Morgan fingerprint density at radius 2 is 2.08 bits per heavy atom. The summed E-state index contributed by atoms with van der Waals surface area (Å²) in [4.78, 5) is 10.3. The topological polar surface area (TPSA) is 66.2 Å². The molecule has 58 valence electrons. The number of carboxylic acids is 1. The van der Waals surface area contributed by atoms with E-state index in [1.165, 1.54) is 18.2 Å². The third kappa shape index (κ3) is 3.04. The third-order valence-corrected chi connectivity index (χ3v) is 1.47. The monoisotopic (exact) mass is 209 g/mol. The molecule has 0 aliphatic carbocycles. The molecule has 0 unspecified atom stereocenters. The maximum Gasteiger partial charge on any atom is 1.00 e. The van der Waals surface area contributed by atoms with Gasteiger partial charge in [-0.2, -0.15) is 0 Å². The molecular formula is C7H5ClKNO2. The molecule has 0 saturated heterocycles. The molecule has 0 atom stereocenters. The van der Waals surface area contributed by atoms with Gasteiger partial charge in [-0.15, -0.1) is 0 Å². The summed E-state index contributed by atoms with van der Waals surface area (Å²) >= 11 is 5.51. The molecule has 1 rings (SSSR count). The Morgan fingerprint density at radius 1 is 1.50 bits per heavy atom. The van der Waals surface area contributed by atoms with E-state index in [4.69, 9.17) is 17.3 Å². The first kappa shape index (κ1) is 12.4. The zero-order valence-corrected chi connectivity index (χ0v) is 10.4. The minimum absolute atomic E-state index is 0. The van der Waals surface area contributed by atoms with Crippen molar-refractivity contribution in [1.29, 1.82) is 0 Å². The van der Waals surface area contributed by atoms with Crippen molar-refractivity contribution in [2.24, 2.45) is 0 Å². The second-order valence-electron chi connectivity index (χ2n) is 2.02. The summed E-state index contributed by atoms with van der Waals surface area (Å²) in [5.74, 6) is -1.31. The first-order valence-electron chi connectivity index (χ1n) is 2.87. The standard InChI is InChI=1S/C7H6ClNO2.K/c8-4-1-2-6(9)5(3-4)7(10)11;/h1-3H,9H2,(H,10,11);/q;+1/p-1. The van der Waals surface area contributed by atoms with Crippen molar-refractivity contribution in [3.8, 4) is 0 Å². The molecule has 0 fully saturated rings. The van der Waals surface area contributed by atoms with Crippen LogP contribution in [0.4, 0.5) is 5.69 Å². The maximum atomic E-state index is 10.3. The summed E-state index contributed by atoms with van der Waals surface area (Å²) in [6, 6.07) is 4.20. The van der Waals surface area contributed by atoms with Crippen LogP contribution in [0.15, 0.2) is 18.2 Å². The molecule has 5 heteroatoms. The van der Waals surface area contributed by atoms with E-state index in [0.717, 1.165) is 0 Å². The largest absolute Gasteiger partial charge is 1.00 e. The fraction of sp³-hybridized carbons (Fsp3) is 0. The van der Waals surface area contributed by atoms with Gasteiger partial charge in [0.05, 0.1) is 5.97 Å². The van der Waals surface area contributed by atoms with Gasteiger partial charge < -0.3 is 15.6 Å². The molecule has 1 aromatic rings. The number of anilines is 1. The van der Waals surface area contributed by atoms with Crippen LogP contribution >= 0.6 is 11.6 Å². The molecule has 0 spiro atoms. The normalized spacial score (nSPS) is 8.75. The number of carbonyl (C=O) groups is 1. The molecular weight excluding hydrogens is 205 g/mol. The number of rotatable bonds is 1. The molecule has 1 aromatic carbocycles. The van der Waals surface area contributed by atoms with Gasteiger partial charge in [-0.1, -0.05) is 11.6 Å². The number of hydrogen-bond acceptors (Lipinski definition) is 3. The van der Waals surface area contributed by atoms with Gasteiger partial charge in [0, 0.05) is 16.3 Å². The summed E-state index contributed by atoms with van der Waals surface area (Å²) in [6.45, 7) is 0. The van der Waals surface area contributed by atoms with Gasteiger partial charge >= 0.3 is 51.4 Å². The van der Waals surface area contributed by atoms with E-state index in [2.05, 4.69) is 0 Å². The smallest absolute Gasteiger partial charge is 0.545 e. The predicted molar refractivity (Wildman–Crippen MR) is 40.2 cm³/mol. The molecule has 3 nitrogen and oxygen atoms in total. The second kappa shape index (κ2) is 5.21. The van der Waals surface area contributed by atoms with Crippen molar-refractivity contribution >= 4 is 23.3 Å². The molecule has 0 amide bonds. The van der Waals surface area contributed by atoms with Crippen LogP contribution in [0.5, 0.6) is 0 Å². The average Bonchev–Trinajstić information content (AvgIpc) is 1.94. The summed E-state index contributed by atoms with van der Waals surface area (Å²) in [5, 5.41) is 10.7. The van der Waals surface area contributed by atoms with Gasteiger partial charge in [-0.3, -0.25) is 0 Å². The molecule has 2 N–H and O–H groups in total. The molecule has 0 heterocycles. The Kier molecular flexibility index (Phi) is 5.39. The Labute approximate surface area is 117 Å². The number of nitrogen functional groups attached to an aromatic ring is 1. The summed E-state index contributed by atoms with van der Waals surface area (Å²) < 4.78 is 0. The predicted octanol–water partition coefficient (Wildman–Crippen LogP) is -2.71. The minimum Gasteiger partial charge on any atom is -0.545 e. The van der Waals surface area contributed by atoms with Crippen molar-refractivity contribution in [2.75, 3.05) is 5.73 Å². The van der Waals surface area contributed by atoms with Crippen molar-refractivity contribution in [1.82, 2.24) is 0 Å². The molecule has 12 heavy (non-hydrogen) atoms. The van der Waals surface area contributed by atoms with Crippen LogP contribution in [-0.4, -0.2) is 5.97 Å². The zero-order valence-electron chi connectivity index (χ0n) is 6.50. The van der Waals surface area contributed by atoms with Crippen LogP contribution in [-0.2, 0) is 0 Å². The van der Waals surface area contributed by atoms with E-state index in [1.807, 2.05) is 0 Å². The minimum atomic E-state index is -1.31. The second-order valence-corrected chi connectivity index (χ2v) is 2.46. The van der Waals surface area contributed by atoms with Crippen LogP contribution in [0.25, 0.3) is 0 Å². The van der Waals surface area contributed by atoms with E-state index in [0.29, 0.717) is 5.02 Å². The summed E-state index contributed by atoms with van der Waals surface area (Å²) in [5.41, 5.74) is 5.40. The molecule has 0 radical (unpaired) electrons. The first-order chi connectivity index (χ1) is 5.11. The van der Waals surface area contributed by atoms with Gasteiger partial charge in [0.1, 0.15) is 0 Å². The number of carbonyl (C=O) groups excluding carboxylic acids is 1. The van der Waals surface area contributed by atoms with Crippen LogP contribution < -0.4 is 62.2 Å². The fourth-order valence-corrected chi connectivity index (χ4v) is 0.877. The van der Waals surface area contributed by atoms with E-state index >= 15 is 0 Å². The van der Waals surface area contributed by atoms with Gasteiger partial charge in [0.2, 0.25) is 0 Å². The van der Waals surface area contributed by atoms with E-state index in [9.17, 15) is 9.90 Å². The van der Waals surface area contributed by atoms with Crippen molar-refractivity contribution < 1.29 is 61.3 Å². The molecule has 0 aromatic heterocycles. The van der Waals surface area contributed by atoms with Crippen molar-refractivity contribution in [3.05, 3.63) is 28.8 Å². The zero-order chi connectivity index (χ0) is 8.43.